The standard InChI is InChI=1S/C14H18N4OS2/c19-14(11-1-2-12-13(7-11)17-18-16-12)15-4-6-21-9-10-3-5-20-8-10/h3,5,8,11H,1-2,4,6-7,9H2,(H,15,19)(H,16,17,18)/t11-/m0/s1. The van der Waals surface area contributed by atoms with Gasteiger partial charge in [0.05, 0.1) is 11.4 Å². The fourth-order valence-corrected chi connectivity index (χ4v) is 4.04. The lowest BCUT2D eigenvalue weighted by molar-refractivity contribution is -0.125. The third-order valence-electron chi connectivity index (χ3n) is 3.64. The minimum Gasteiger partial charge on any atom is -0.355 e. The number of aromatic nitrogens is 3. The molecule has 0 spiro atoms. The minimum absolute atomic E-state index is 0.0458. The number of amides is 1. The van der Waals surface area contributed by atoms with Crippen molar-refractivity contribution in [3.8, 4) is 0 Å². The summed E-state index contributed by atoms with van der Waals surface area (Å²) >= 11 is 3.58. The van der Waals surface area contributed by atoms with Crippen LogP contribution in [0.3, 0.4) is 0 Å². The van der Waals surface area contributed by atoms with Crippen LogP contribution < -0.4 is 5.32 Å². The Labute approximate surface area is 131 Å². The molecular formula is C14H18N4OS2. The number of aromatic amines is 1. The summed E-state index contributed by atoms with van der Waals surface area (Å²) < 4.78 is 0. The highest BCUT2D eigenvalue weighted by Gasteiger charge is 2.26. The average molecular weight is 322 g/mol. The van der Waals surface area contributed by atoms with E-state index < -0.39 is 0 Å². The highest BCUT2D eigenvalue weighted by Crippen LogP contribution is 2.22. The Balaban J connectivity index is 1.35. The summed E-state index contributed by atoms with van der Waals surface area (Å²) in [5.74, 6) is 2.17. The highest BCUT2D eigenvalue weighted by atomic mass is 32.2. The number of fused-ring (bicyclic) bond motifs is 1. The molecule has 7 heteroatoms. The van der Waals surface area contributed by atoms with E-state index in [-0.39, 0.29) is 11.8 Å². The van der Waals surface area contributed by atoms with E-state index in [4.69, 9.17) is 0 Å². The summed E-state index contributed by atoms with van der Waals surface area (Å²) in [5, 5.41) is 18.1. The molecule has 0 saturated heterocycles. The molecule has 0 radical (unpaired) electrons. The third kappa shape index (κ3) is 3.85. The van der Waals surface area contributed by atoms with Crippen molar-refractivity contribution in [2.24, 2.45) is 5.92 Å². The Morgan fingerprint density at radius 3 is 3.24 bits per heavy atom. The van der Waals surface area contributed by atoms with E-state index >= 15 is 0 Å². The van der Waals surface area contributed by atoms with Gasteiger partial charge in [0.2, 0.25) is 5.91 Å². The molecule has 2 N–H and O–H groups in total. The molecule has 0 saturated carbocycles. The largest absolute Gasteiger partial charge is 0.355 e. The van der Waals surface area contributed by atoms with Crippen LogP contribution in [0.25, 0.3) is 0 Å². The predicted octanol–water partition coefficient (Wildman–Crippen LogP) is 2.02. The van der Waals surface area contributed by atoms with Crippen molar-refractivity contribution in [1.29, 1.82) is 0 Å². The number of nitrogens with one attached hydrogen (secondary N) is 2. The Hall–Kier alpha value is -1.34. The maximum Gasteiger partial charge on any atom is 0.223 e. The number of hydrogen-bond donors (Lipinski definition) is 2. The molecular weight excluding hydrogens is 304 g/mol. The van der Waals surface area contributed by atoms with Gasteiger partial charge in [-0.05, 0) is 35.2 Å². The zero-order valence-electron chi connectivity index (χ0n) is 11.7. The average Bonchev–Trinajstić information content (AvgIpc) is 3.17. The van der Waals surface area contributed by atoms with Crippen LogP contribution in [0.15, 0.2) is 16.8 Å². The Morgan fingerprint density at radius 1 is 1.48 bits per heavy atom. The molecule has 2 aromatic heterocycles. The van der Waals surface area contributed by atoms with Gasteiger partial charge in [-0.2, -0.15) is 38.5 Å². The molecule has 0 fully saturated rings. The summed E-state index contributed by atoms with van der Waals surface area (Å²) in [5.41, 5.74) is 3.33. The summed E-state index contributed by atoms with van der Waals surface area (Å²) in [4.78, 5) is 12.1. The molecule has 1 aliphatic rings. The van der Waals surface area contributed by atoms with Crippen LogP contribution in [0, 0.1) is 5.92 Å². The molecule has 112 valence electrons. The fourth-order valence-electron chi connectivity index (χ4n) is 2.46. The van der Waals surface area contributed by atoms with Gasteiger partial charge in [0.15, 0.2) is 0 Å². The van der Waals surface area contributed by atoms with Crippen molar-refractivity contribution in [3.05, 3.63) is 33.8 Å². The van der Waals surface area contributed by atoms with Crippen molar-refractivity contribution < 1.29 is 4.79 Å². The number of carbonyl (C=O) groups is 1. The van der Waals surface area contributed by atoms with Gasteiger partial charge >= 0.3 is 0 Å². The molecule has 1 aliphatic carbocycles. The van der Waals surface area contributed by atoms with Crippen LogP contribution in [0.1, 0.15) is 23.4 Å². The first-order chi connectivity index (χ1) is 10.3. The van der Waals surface area contributed by atoms with E-state index in [9.17, 15) is 4.79 Å². The molecule has 1 atom stereocenters. The van der Waals surface area contributed by atoms with E-state index in [1.807, 2.05) is 11.8 Å². The summed E-state index contributed by atoms with van der Waals surface area (Å²) in [6.45, 7) is 0.732. The van der Waals surface area contributed by atoms with Crippen molar-refractivity contribution in [3.63, 3.8) is 0 Å². The minimum atomic E-state index is 0.0458. The van der Waals surface area contributed by atoms with Gasteiger partial charge in [0.25, 0.3) is 0 Å². The quantitative estimate of drug-likeness (QED) is 0.798. The topological polar surface area (TPSA) is 70.7 Å². The Kier molecular flexibility index (Phi) is 4.92. The number of thioether (sulfide) groups is 1. The van der Waals surface area contributed by atoms with E-state index in [2.05, 4.69) is 37.6 Å². The van der Waals surface area contributed by atoms with Crippen LogP contribution in [-0.4, -0.2) is 33.6 Å². The first kappa shape index (κ1) is 14.6. The molecule has 3 rings (SSSR count). The van der Waals surface area contributed by atoms with E-state index in [0.29, 0.717) is 6.42 Å². The van der Waals surface area contributed by atoms with Gasteiger partial charge in [-0.15, -0.1) is 0 Å². The Morgan fingerprint density at radius 2 is 2.38 bits per heavy atom. The lowest BCUT2D eigenvalue weighted by atomic mass is 9.89. The lowest BCUT2D eigenvalue weighted by Gasteiger charge is -2.19. The summed E-state index contributed by atoms with van der Waals surface area (Å²) in [6.07, 6.45) is 2.42. The molecule has 21 heavy (non-hydrogen) atoms. The van der Waals surface area contributed by atoms with Crippen LogP contribution in [0.5, 0.6) is 0 Å². The van der Waals surface area contributed by atoms with Gasteiger partial charge in [0.1, 0.15) is 0 Å². The number of nitrogens with zero attached hydrogens (tertiary/aromatic N) is 2. The van der Waals surface area contributed by atoms with E-state index in [1.165, 1.54) is 5.56 Å². The number of carbonyl (C=O) groups excluding carboxylic acids is 1. The number of H-pyrrole nitrogens is 1. The molecule has 1 amide bonds. The monoisotopic (exact) mass is 322 g/mol. The number of rotatable bonds is 6. The second-order valence-electron chi connectivity index (χ2n) is 5.13. The predicted molar refractivity (Wildman–Crippen MR) is 85.4 cm³/mol. The van der Waals surface area contributed by atoms with E-state index in [0.717, 1.165) is 42.3 Å². The molecule has 0 unspecified atom stereocenters. The molecule has 0 aromatic carbocycles. The second-order valence-corrected chi connectivity index (χ2v) is 7.02. The normalized spacial score (nSPS) is 17.4. The summed E-state index contributed by atoms with van der Waals surface area (Å²) in [7, 11) is 0. The van der Waals surface area contributed by atoms with Crippen LogP contribution in [-0.2, 0) is 23.4 Å². The first-order valence-corrected chi connectivity index (χ1v) is 9.17. The van der Waals surface area contributed by atoms with Crippen molar-refractivity contribution in [1.82, 2.24) is 20.7 Å². The Bertz CT molecular complexity index is 582. The van der Waals surface area contributed by atoms with Crippen LogP contribution in [0.2, 0.25) is 0 Å². The molecule has 2 aromatic rings. The van der Waals surface area contributed by atoms with Gasteiger partial charge in [-0.3, -0.25) is 4.79 Å². The highest BCUT2D eigenvalue weighted by molar-refractivity contribution is 7.98. The van der Waals surface area contributed by atoms with Crippen LogP contribution >= 0.6 is 23.1 Å². The number of thiophene rings is 1. The van der Waals surface area contributed by atoms with Gasteiger partial charge in [-0.1, -0.05) is 0 Å². The zero-order chi connectivity index (χ0) is 14.5. The molecule has 2 heterocycles. The second kappa shape index (κ2) is 7.09. The zero-order valence-corrected chi connectivity index (χ0v) is 13.3. The van der Waals surface area contributed by atoms with Gasteiger partial charge in [0, 0.05) is 30.4 Å². The summed E-state index contributed by atoms with van der Waals surface area (Å²) in [6, 6.07) is 2.15. The first-order valence-electron chi connectivity index (χ1n) is 7.08. The lowest BCUT2D eigenvalue weighted by Crippen LogP contribution is -2.35. The fraction of sp³-hybridized carbons (Fsp3) is 0.500. The third-order valence-corrected chi connectivity index (χ3v) is 5.40. The molecule has 0 aliphatic heterocycles. The molecule has 5 nitrogen and oxygen atoms in total. The maximum absolute atomic E-state index is 12.1. The van der Waals surface area contributed by atoms with Crippen molar-refractivity contribution in [2.75, 3.05) is 12.3 Å². The maximum atomic E-state index is 12.1. The van der Waals surface area contributed by atoms with Gasteiger partial charge in [-0.25, -0.2) is 0 Å². The van der Waals surface area contributed by atoms with Crippen molar-refractivity contribution >= 4 is 29.0 Å². The molecule has 0 bridgehead atoms. The SMILES string of the molecule is O=C(NCCSCc1ccsc1)[C@H]1CCc2n[nH]nc2C1. The number of hydrogen-bond acceptors (Lipinski definition) is 5. The smallest absolute Gasteiger partial charge is 0.223 e. The van der Waals surface area contributed by atoms with E-state index in [1.54, 1.807) is 11.3 Å². The van der Waals surface area contributed by atoms with Crippen LogP contribution in [0.4, 0.5) is 0 Å². The van der Waals surface area contributed by atoms with Gasteiger partial charge < -0.3 is 5.32 Å². The van der Waals surface area contributed by atoms with Crippen molar-refractivity contribution in [2.45, 2.75) is 25.0 Å². The number of aryl methyl sites for hydroxylation is 1.